The third kappa shape index (κ3) is 3.78. The van der Waals surface area contributed by atoms with Gasteiger partial charge < -0.3 is 14.3 Å². The summed E-state index contributed by atoms with van der Waals surface area (Å²) in [5.74, 6) is -0.936. The number of rotatable bonds is 5. The molecule has 1 aromatic heterocycles. The van der Waals surface area contributed by atoms with Gasteiger partial charge in [0.1, 0.15) is 11.3 Å². The van der Waals surface area contributed by atoms with Gasteiger partial charge in [-0.15, -0.1) is 10.2 Å². The number of aromatic nitrogens is 2. The molecule has 1 N–H and O–H groups in total. The molecular weight excluding hydrogens is 366 g/mol. The minimum absolute atomic E-state index is 0.0279. The molecule has 0 amide bonds. The highest BCUT2D eigenvalue weighted by molar-refractivity contribution is 6.30. The molecule has 0 fully saturated rings. The first kappa shape index (κ1) is 17.4. The van der Waals surface area contributed by atoms with Crippen molar-refractivity contribution in [1.29, 1.82) is 0 Å². The minimum Gasteiger partial charge on any atom is -0.507 e. The Bertz CT molecular complexity index is 970. The molecule has 3 aromatic rings. The number of nitro benzene ring substituents is 1. The first-order chi connectivity index (χ1) is 12.4. The smallest absolute Gasteiger partial charge is 0.342 e. The van der Waals surface area contributed by atoms with Gasteiger partial charge in [-0.2, -0.15) is 0 Å². The van der Waals surface area contributed by atoms with Gasteiger partial charge in [0.25, 0.3) is 11.6 Å². The topological polar surface area (TPSA) is 129 Å². The number of phenols is 1. The summed E-state index contributed by atoms with van der Waals surface area (Å²) in [6.45, 7) is -0.305. The number of non-ortho nitro benzene ring substituents is 1. The monoisotopic (exact) mass is 375 g/mol. The SMILES string of the molecule is O=C(OCc1nnc(-c2ccc([N+](=O)[O-])cc2)o1)c1ccc(Cl)cc1O. The Kier molecular flexibility index (Phi) is 4.81. The molecule has 0 unspecified atom stereocenters. The lowest BCUT2D eigenvalue weighted by Crippen LogP contribution is -2.05. The second kappa shape index (κ2) is 7.19. The van der Waals surface area contributed by atoms with Crippen molar-refractivity contribution in [1.82, 2.24) is 10.2 Å². The van der Waals surface area contributed by atoms with Crippen LogP contribution in [0.25, 0.3) is 11.5 Å². The Labute approximate surface area is 151 Å². The molecule has 26 heavy (non-hydrogen) atoms. The van der Waals surface area contributed by atoms with E-state index in [9.17, 15) is 20.0 Å². The Hall–Kier alpha value is -3.46. The van der Waals surface area contributed by atoms with E-state index in [0.717, 1.165) is 0 Å². The van der Waals surface area contributed by atoms with Crippen LogP contribution < -0.4 is 0 Å². The van der Waals surface area contributed by atoms with Gasteiger partial charge in [-0.3, -0.25) is 10.1 Å². The van der Waals surface area contributed by atoms with E-state index in [4.69, 9.17) is 20.8 Å². The van der Waals surface area contributed by atoms with Crippen LogP contribution in [0.15, 0.2) is 46.9 Å². The predicted octanol–water partition coefficient (Wildman–Crippen LogP) is 3.36. The van der Waals surface area contributed by atoms with Gasteiger partial charge in [0.2, 0.25) is 5.89 Å². The van der Waals surface area contributed by atoms with E-state index in [1.54, 1.807) is 0 Å². The van der Waals surface area contributed by atoms with Crippen molar-refractivity contribution < 1.29 is 24.0 Å². The van der Waals surface area contributed by atoms with E-state index in [1.165, 1.54) is 42.5 Å². The Morgan fingerprint density at radius 1 is 1.23 bits per heavy atom. The van der Waals surface area contributed by atoms with Crippen LogP contribution in [0, 0.1) is 10.1 Å². The summed E-state index contributed by atoms with van der Waals surface area (Å²) in [5, 5.41) is 28.1. The number of hydrogen-bond acceptors (Lipinski definition) is 8. The number of carbonyl (C=O) groups excluding carboxylic acids is 1. The molecule has 0 bridgehead atoms. The number of esters is 1. The van der Waals surface area contributed by atoms with Gasteiger partial charge >= 0.3 is 5.97 Å². The molecular formula is C16H10ClN3O6. The molecule has 0 radical (unpaired) electrons. The first-order valence-corrected chi connectivity index (χ1v) is 7.54. The number of benzene rings is 2. The highest BCUT2D eigenvalue weighted by Gasteiger charge is 2.16. The largest absolute Gasteiger partial charge is 0.507 e. The normalized spacial score (nSPS) is 10.5. The molecule has 0 aliphatic carbocycles. The second-order valence-electron chi connectivity index (χ2n) is 5.04. The van der Waals surface area contributed by atoms with Gasteiger partial charge in [-0.05, 0) is 30.3 Å². The molecule has 0 aliphatic heterocycles. The number of phenolic OH excluding ortho intramolecular Hbond substituents is 1. The van der Waals surface area contributed by atoms with Gasteiger partial charge in [-0.25, -0.2) is 4.79 Å². The summed E-state index contributed by atoms with van der Waals surface area (Å²) in [7, 11) is 0. The van der Waals surface area contributed by atoms with Crippen LogP contribution in [0.5, 0.6) is 5.75 Å². The van der Waals surface area contributed by atoms with Crippen LogP contribution in [-0.2, 0) is 11.3 Å². The lowest BCUT2D eigenvalue weighted by atomic mass is 10.2. The Balaban J connectivity index is 1.66. The van der Waals surface area contributed by atoms with Crippen molar-refractivity contribution in [3.05, 3.63) is 69.1 Å². The first-order valence-electron chi connectivity index (χ1n) is 7.17. The molecule has 132 valence electrons. The molecule has 0 aliphatic rings. The molecule has 9 nitrogen and oxygen atoms in total. The lowest BCUT2D eigenvalue weighted by Gasteiger charge is -2.04. The van der Waals surface area contributed by atoms with E-state index in [2.05, 4.69) is 10.2 Å². The fourth-order valence-corrected chi connectivity index (χ4v) is 2.20. The lowest BCUT2D eigenvalue weighted by molar-refractivity contribution is -0.384. The van der Waals surface area contributed by atoms with Gasteiger partial charge in [0, 0.05) is 22.7 Å². The molecule has 3 rings (SSSR count). The number of nitro groups is 1. The van der Waals surface area contributed by atoms with Crippen molar-refractivity contribution in [2.45, 2.75) is 6.61 Å². The average molecular weight is 376 g/mol. The van der Waals surface area contributed by atoms with E-state index < -0.39 is 10.9 Å². The summed E-state index contributed by atoms with van der Waals surface area (Å²) in [5.41, 5.74) is 0.366. The van der Waals surface area contributed by atoms with Crippen LogP contribution in [0.4, 0.5) is 5.69 Å². The molecule has 0 saturated heterocycles. The fourth-order valence-electron chi connectivity index (χ4n) is 2.04. The number of hydrogen-bond donors (Lipinski definition) is 1. The highest BCUT2D eigenvalue weighted by Crippen LogP contribution is 2.24. The predicted molar refractivity (Wildman–Crippen MR) is 88.6 cm³/mol. The quantitative estimate of drug-likeness (QED) is 0.408. The molecule has 0 saturated carbocycles. The Morgan fingerprint density at radius 2 is 1.96 bits per heavy atom. The van der Waals surface area contributed by atoms with E-state index in [1.807, 2.05) is 0 Å². The molecule has 2 aromatic carbocycles. The zero-order valence-electron chi connectivity index (χ0n) is 13.0. The highest BCUT2D eigenvalue weighted by atomic mass is 35.5. The van der Waals surface area contributed by atoms with Crippen LogP contribution in [0.3, 0.4) is 0 Å². The number of nitrogens with zero attached hydrogens (tertiary/aromatic N) is 3. The summed E-state index contributed by atoms with van der Waals surface area (Å²) in [4.78, 5) is 22.1. The van der Waals surface area contributed by atoms with E-state index in [-0.39, 0.29) is 40.4 Å². The molecule has 0 atom stereocenters. The zero-order valence-corrected chi connectivity index (χ0v) is 13.7. The van der Waals surface area contributed by atoms with Crippen molar-refractivity contribution in [3.63, 3.8) is 0 Å². The number of carbonyl (C=O) groups is 1. The summed E-state index contributed by atoms with van der Waals surface area (Å²) in [6.07, 6.45) is 0. The third-order valence-corrected chi connectivity index (χ3v) is 3.53. The van der Waals surface area contributed by atoms with Crippen LogP contribution >= 0.6 is 11.6 Å². The van der Waals surface area contributed by atoms with Gasteiger partial charge in [0.05, 0.1) is 4.92 Å². The van der Waals surface area contributed by atoms with Crippen molar-refractivity contribution >= 4 is 23.3 Å². The summed E-state index contributed by atoms with van der Waals surface area (Å²) < 4.78 is 10.4. The second-order valence-corrected chi connectivity index (χ2v) is 5.48. The van der Waals surface area contributed by atoms with E-state index >= 15 is 0 Å². The van der Waals surface area contributed by atoms with Gasteiger partial charge in [-0.1, -0.05) is 11.6 Å². The average Bonchev–Trinajstić information content (AvgIpc) is 3.09. The maximum Gasteiger partial charge on any atom is 0.342 e. The van der Waals surface area contributed by atoms with Crippen LogP contribution in [-0.4, -0.2) is 26.2 Å². The van der Waals surface area contributed by atoms with Crippen LogP contribution in [0.2, 0.25) is 5.02 Å². The molecule has 0 spiro atoms. The Morgan fingerprint density at radius 3 is 2.62 bits per heavy atom. The maximum absolute atomic E-state index is 11.9. The standard InChI is InChI=1S/C16H10ClN3O6/c17-10-3-6-12(13(21)7-10)16(22)25-8-14-18-19-15(26-14)9-1-4-11(5-2-9)20(23)24/h1-7,21H,8H2. The van der Waals surface area contributed by atoms with Gasteiger partial charge in [0.15, 0.2) is 6.61 Å². The summed E-state index contributed by atoms with van der Waals surface area (Å²) in [6, 6.07) is 9.54. The fraction of sp³-hybridized carbons (Fsp3) is 0.0625. The molecule has 1 heterocycles. The summed E-state index contributed by atoms with van der Waals surface area (Å²) >= 11 is 5.70. The minimum atomic E-state index is -0.783. The number of halogens is 1. The molecule has 10 heteroatoms. The van der Waals surface area contributed by atoms with Crippen molar-refractivity contribution in [2.24, 2.45) is 0 Å². The third-order valence-electron chi connectivity index (χ3n) is 3.30. The van der Waals surface area contributed by atoms with Crippen molar-refractivity contribution in [3.8, 4) is 17.2 Å². The van der Waals surface area contributed by atoms with Crippen LogP contribution in [0.1, 0.15) is 16.2 Å². The maximum atomic E-state index is 11.9. The number of aromatic hydroxyl groups is 1. The zero-order chi connectivity index (χ0) is 18.7. The van der Waals surface area contributed by atoms with E-state index in [0.29, 0.717) is 5.56 Å². The number of ether oxygens (including phenoxy) is 1. The van der Waals surface area contributed by atoms with Crippen molar-refractivity contribution in [2.75, 3.05) is 0 Å².